The van der Waals surface area contributed by atoms with Crippen LogP contribution in [0.2, 0.25) is 0 Å². The van der Waals surface area contributed by atoms with Crippen LogP contribution in [0.25, 0.3) is 0 Å². The van der Waals surface area contributed by atoms with E-state index in [9.17, 15) is 13.2 Å². The fourth-order valence-electron chi connectivity index (χ4n) is 2.52. The summed E-state index contributed by atoms with van der Waals surface area (Å²) in [6, 6.07) is 1.28. The Balaban J connectivity index is 2.25. The first-order chi connectivity index (χ1) is 9.36. The summed E-state index contributed by atoms with van der Waals surface area (Å²) in [7, 11) is -3.56. The summed E-state index contributed by atoms with van der Waals surface area (Å²) in [6.45, 7) is 4.83. The minimum absolute atomic E-state index is 0.0736. The fourth-order valence-corrected chi connectivity index (χ4v) is 5.39. The second kappa shape index (κ2) is 5.83. The van der Waals surface area contributed by atoms with Gasteiger partial charge in [-0.2, -0.15) is 4.31 Å². The molecule has 112 valence electrons. The van der Waals surface area contributed by atoms with Gasteiger partial charge in [-0.1, -0.05) is 13.3 Å². The number of thiophene rings is 1. The molecule has 0 unspecified atom stereocenters. The smallest absolute Gasteiger partial charge is 0.345 e. The highest BCUT2D eigenvalue weighted by molar-refractivity contribution is 7.89. The molecule has 1 fully saturated rings. The predicted molar refractivity (Wildman–Crippen MR) is 77.8 cm³/mol. The van der Waals surface area contributed by atoms with Crippen LogP contribution in [0.15, 0.2) is 11.0 Å². The maximum atomic E-state index is 12.6. The van der Waals surface area contributed by atoms with Crippen molar-refractivity contribution >= 4 is 27.3 Å². The van der Waals surface area contributed by atoms with Crippen molar-refractivity contribution in [2.45, 2.75) is 38.0 Å². The zero-order valence-corrected chi connectivity index (χ0v) is 13.3. The van der Waals surface area contributed by atoms with Gasteiger partial charge in [0, 0.05) is 18.0 Å². The molecule has 0 aromatic carbocycles. The van der Waals surface area contributed by atoms with Gasteiger partial charge in [0.05, 0.1) is 4.90 Å². The molecule has 1 aromatic rings. The molecule has 0 radical (unpaired) electrons. The molecule has 0 atom stereocenters. The van der Waals surface area contributed by atoms with Gasteiger partial charge in [-0.25, -0.2) is 13.2 Å². The summed E-state index contributed by atoms with van der Waals surface area (Å²) < 4.78 is 26.6. The third-order valence-electron chi connectivity index (χ3n) is 3.85. The van der Waals surface area contributed by atoms with Crippen molar-refractivity contribution in [2.24, 2.45) is 5.92 Å². The molecule has 1 saturated heterocycles. The lowest BCUT2D eigenvalue weighted by atomic mass is 9.96. The Hall–Kier alpha value is -0.920. The summed E-state index contributed by atoms with van der Waals surface area (Å²) in [5.74, 6) is -0.483. The molecule has 1 aliphatic heterocycles. The number of carbonyl (C=O) groups is 1. The van der Waals surface area contributed by atoms with E-state index in [1.807, 2.05) is 0 Å². The van der Waals surface area contributed by atoms with Crippen molar-refractivity contribution in [3.63, 3.8) is 0 Å². The van der Waals surface area contributed by atoms with Crippen molar-refractivity contribution in [3.8, 4) is 0 Å². The highest BCUT2D eigenvalue weighted by Crippen LogP contribution is 2.31. The third-order valence-corrected chi connectivity index (χ3v) is 7.04. The number of aryl methyl sites for hydroxylation is 1. The second-order valence-corrected chi connectivity index (χ2v) is 8.25. The Labute approximate surface area is 123 Å². The molecule has 0 aliphatic carbocycles. The van der Waals surface area contributed by atoms with Crippen LogP contribution in [0.3, 0.4) is 0 Å². The van der Waals surface area contributed by atoms with E-state index in [-0.39, 0.29) is 9.77 Å². The number of rotatable bonds is 4. The van der Waals surface area contributed by atoms with Crippen LogP contribution in [-0.2, 0) is 10.0 Å². The Morgan fingerprint density at radius 3 is 2.50 bits per heavy atom. The predicted octanol–water partition coefficient (Wildman–Crippen LogP) is 2.57. The number of carboxylic acids is 1. The average molecular weight is 317 g/mol. The van der Waals surface area contributed by atoms with Crippen molar-refractivity contribution in [1.29, 1.82) is 0 Å². The number of aromatic carboxylic acids is 1. The highest BCUT2D eigenvalue weighted by Gasteiger charge is 2.31. The molecule has 0 bridgehead atoms. The van der Waals surface area contributed by atoms with E-state index in [1.165, 1.54) is 10.4 Å². The van der Waals surface area contributed by atoms with Crippen molar-refractivity contribution in [2.75, 3.05) is 13.1 Å². The number of carboxylic acid groups (broad SMARTS) is 1. The lowest BCUT2D eigenvalue weighted by Crippen LogP contribution is -2.38. The van der Waals surface area contributed by atoms with E-state index in [2.05, 4.69) is 6.92 Å². The van der Waals surface area contributed by atoms with Crippen LogP contribution in [0.4, 0.5) is 0 Å². The van der Waals surface area contributed by atoms with Crippen LogP contribution >= 0.6 is 11.3 Å². The lowest BCUT2D eigenvalue weighted by Gasteiger charge is -2.30. The molecule has 1 aromatic heterocycles. The first-order valence-electron chi connectivity index (χ1n) is 6.70. The van der Waals surface area contributed by atoms with Crippen LogP contribution in [0.1, 0.15) is 40.7 Å². The first kappa shape index (κ1) is 15.5. The lowest BCUT2D eigenvalue weighted by molar-refractivity contribution is 0.0702. The van der Waals surface area contributed by atoms with E-state index >= 15 is 0 Å². The van der Waals surface area contributed by atoms with E-state index in [4.69, 9.17) is 5.11 Å². The average Bonchev–Trinajstić information content (AvgIpc) is 2.82. The molecule has 7 heteroatoms. The molecular weight excluding hydrogens is 298 g/mol. The van der Waals surface area contributed by atoms with E-state index in [1.54, 1.807) is 6.92 Å². The number of sulfonamides is 1. The maximum Gasteiger partial charge on any atom is 0.345 e. The first-order valence-corrected chi connectivity index (χ1v) is 8.95. The van der Waals surface area contributed by atoms with Gasteiger partial charge < -0.3 is 5.11 Å². The van der Waals surface area contributed by atoms with Crippen LogP contribution < -0.4 is 0 Å². The highest BCUT2D eigenvalue weighted by atomic mass is 32.2. The van der Waals surface area contributed by atoms with E-state index in [0.29, 0.717) is 23.9 Å². The minimum atomic E-state index is -3.56. The molecule has 0 amide bonds. The number of nitrogens with zero attached hydrogens (tertiary/aromatic N) is 1. The zero-order valence-electron chi connectivity index (χ0n) is 11.6. The zero-order chi connectivity index (χ0) is 14.9. The van der Waals surface area contributed by atoms with Crippen LogP contribution in [0.5, 0.6) is 0 Å². The van der Waals surface area contributed by atoms with E-state index < -0.39 is 16.0 Å². The normalized spacial score (nSPS) is 18.3. The third kappa shape index (κ3) is 2.89. The van der Waals surface area contributed by atoms with Gasteiger partial charge in [0.2, 0.25) is 10.0 Å². The molecule has 20 heavy (non-hydrogen) atoms. The minimum Gasteiger partial charge on any atom is -0.477 e. The molecule has 1 aliphatic rings. The number of piperidine rings is 1. The molecule has 0 spiro atoms. The Morgan fingerprint density at radius 2 is 2.05 bits per heavy atom. The van der Waals surface area contributed by atoms with Gasteiger partial charge in [0.15, 0.2) is 0 Å². The Bertz CT molecular complexity index is 598. The molecular formula is C13H19NO4S2. The van der Waals surface area contributed by atoms with Crippen molar-refractivity contribution in [1.82, 2.24) is 4.31 Å². The Kier molecular flexibility index (Phi) is 4.51. The van der Waals surface area contributed by atoms with Crippen LogP contribution in [0, 0.1) is 12.8 Å². The van der Waals surface area contributed by atoms with Gasteiger partial charge in [-0.15, -0.1) is 11.3 Å². The monoisotopic (exact) mass is 317 g/mol. The fraction of sp³-hybridized carbons (Fsp3) is 0.615. The summed E-state index contributed by atoms with van der Waals surface area (Å²) >= 11 is 1.01. The van der Waals surface area contributed by atoms with Gasteiger partial charge in [0.1, 0.15) is 4.88 Å². The summed E-state index contributed by atoms with van der Waals surface area (Å²) in [6.07, 6.45) is 2.84. The van der Waals surface area contributed by atoms with E-state index in [0.717, 1.165) is 30.6 Å². The molecule has 1 N–H and O–H groups in total. The quantitative estimate of drug-likeness (QED) is 0.926. The molecule has 5 nitrogen and oxygen atoms in total. The van der Waals surface area contributed by atoms with Crippen molar-refractivity contribution < 1.29 is 18.3 Å². The summed E-state index contributed by atoms with van der Waals surface area (Å²) in [4.78, 5) is 11.7. The topological polar surface area (TPSA) is 74.7 Å². The molecule has 0 saturated carbocycles. The van der Waals surface area contributed by atoms with Gasteiger partial charge in [-0.3, -0.25) is 0 Å². The van der Waals surface area contributed by atoms with Gasteiger partial charge in [0.25, 0.3) is 0 Å². The number of hydrogen-bond acceptors (Lipinski definition) is 4. The van der Waals surface area contributed by atoms with Gasteiger partial charge in [-0.05, 0) is 31.7 Å². The standard InChI is InChI=1S/C13H19NO4S2/c1-3-10-4-6-14(7-5-10)20(17,18)12-8-11(13(15)16)19-9(12)2/h8,10H,3-7H2,1-2H3,(H,15,16). The maximum absolute atomic E-state index is 12.6. The second-order valence-electron chi connectivity index (χ2n) is 5.09. The number of hydrogen-bond donors (Lipinski definition) is 1. The molecule has 2 heterocycles. The Morgan fingerprint density at radius 1 is 1.45 bits per heavy atom. The summed E-state index contributed by atoms with van der Waals surface area (Å²) in [5.41, 5.74) is 0. The summed E-state index contributed by atoms with van der Waals surface area (Å²) in [5, 5.41) is 8.97. The van der Waals surface area contributed by atoms with Crippen molar-refractivity contribution in [3.05, 3.63) is 15.8 Å². The largest absolute Gasteiger partial charge is 0.477 e. The SMILES string of the molecule is CCC1CCN(S(=O)(=O)c2cc(C(=O)O)sc2C)CC1. The molecule has 2 rings (SSSR count). The van der Waals surface area contributed by atoms with Crippen LogP contribution in [-0.4, -0.2) is 36.9 Å². The van der Waals surface area contributed by atoms with Gasteiger partial charge >= 0.3 is 5.97 Å².